The van der Waals surface area contributed by atoms with Crippen LogP contribution in [-0.4, -0.2) is 30.2 Å². The summed E-state index contributed by atoms with van der Waals surface area (Å²) in [5.74, 6) is 0.447. The zero-order valence-corrected chi connectivity index (χ0v) is 14.3. The number of hydrogen-bond acceptors (Lipinski definition) is 3. The van der Waals surface area contributed by atoms with Gasteiger partial charge in [-0.1, -0.05) is 26.0 Å². The Labute approximate surface area is 139 Å². The molecule has 1 aliphatic rings. The zero-order chi connectivity index (χ0) is 18.1. The highest BCUT2D eigenvalue weighted by Gasteiger charge is 2.51. The molecule has 7 heteroatoms. The smallest absolute Gasteiger partial charge is 0.409 e. The van der Waals surface area contributed by atoms with E-state index in [1.165, 1.54) is 24.3 Å². The lowest BCUT2D eigenvalue weighted by atomic mass is 9.93. The van der Waals surface area contributed by atoms with Gasteiger partial charge >= 0.3 is 6.18 Å². The lowest BCUT2D eigenvalue weighted by Gasteiger charge is -2.30. The average molecular weight is 344 g/mol. The molecule has 0 spiro atoms. The second kappa shape index (κ2) is 6.63. The van der Waals surface area contributed by atoms with Gasteiger partial charge in [-0.2, -0.15) is 13.2 Å². The molecule has 24 heavy (non-hydrogen) atoms. The standard InChI is InChI=1S/C17H23F3N2O2/c1-11(2)9-24-13-7-5-12(6-8-13)14(17(18,19)20)22-10-16(3,4)15(23)21-22/h5-8,11,14H,9-10H2,1-4H3,(H,21,23). The van der Waals surface area contributed by atoms with Crippen molar-refractivity contribution in [3.05, 3.63) is 29.8 Å². The normalized spacial score (nSPS) is 19.4. The fourth-order valence-electron chi connectivity index (χ4n) is 2.53. The van der Waals surface area contributed by atoms with Crippen molar-refractivity contribution < 1.29 is 22.7 Å². The van der Waals surface area contributed by atoms with E-state index in [9.17, 15) is 18.0 Å². The minimum Gasteiger partial charge on any atom is -0.493 e. The summed E-state index contributed by atoms with van der Waals surface area (Å²) in [6, 6.07) is 3.96. The third-order valence-corrected chi connectivity index (χ3v) is 3.83. The van der Waals surface area contributed by atoms with Gasteiger partial charge in [0.15, 0.2) is 0 Å². The summed E-state index contributed by atoms with van der Waals surface area (Å²) < 4.78 is 46.2. The molecule has 0 aliphatic carbocycles. The Kier molecular flexibility index (Phi) is 5.13. The largest absolute Gasteiger partial charge is 0.493 e. The summed E-state index contributed by atoms with van der Waals surface area (Å²) in [4.78, 5) is 11.8. The summed E-state index contributed by atoms with van der Waals surface area (Å²) in [6.07, 6.45) is -4.51. The Balaban J connectivity index is 2.22. The number of nitrogens with one attached hydrogen (secondary N) is 1. The lowest BCUT2D eigenvalue weighted by Crippen LogP contribution is -2.43. The topological polar surface area (TPSA) is 41.6 Å². The van der Waals surface area contributed by atoms with Gasteiger partial charge in [0, 0.05) is 6.54 Å². The highest BCUT2D eigenvalue weighted by molar-refractivity contribution is 5.83. The van der Waals surface area contributed by atoms with E-state index in [4.69, 9.17) is 4.74 Å². The zero-order valence-electron chi connectivity index (χ0n) is 14.3. The molecule has 1 heterocycles. The van der Waals surface area contributed by atoms with Crippen molar-refractivity contribution in [2.75, 3.05) is 13.2 Å². The van der Waals surface area contributed by atoms with E-state index in [0.29, 0.717) is 18.3 Å². The quantitative estimate of drug-likeness (QED) is 0.886. The SMILES string of the molecule is CC(C)COc1ccc(C(N2CC(C)(C)C(=O)N2)C(F)(F)F)cc1. The number of hydrazine groups is 1. The molecular weight excluding hydrogens is 321 g/mol. The number of alkyl halides is 3. The Morgan fingerprint density at radius 2 is 1.83 bits per heavy atom. The number of nitrogens with zero attached hydrogens (tertiary/aromatic N) is 1. The highest BCUT2D eigenvalue weighted by Crippen LogP contribution is 2.40. The summed E-state index contributed by atoms with van der Waals surface area (Å²) in [7, 11) is 0. The summed E-state index contributed by atoms with van der Waals surface area (Å²) in [5.41, 5.74) is 1.56. The Morgan fingerprint density at radius 3 is 2.25 bits per heavy atom. The predicted molar refractivity (Wildman–Crippen MR) is 84.2 cm³/mol. The van der Waals surface area contributed by atoms with Gasteiger partial charge in [0.2, 0.25) is 5.91 Å². The van der Waals surface area contributed by atoms with Crippen LogP contribution in [0.1, 0.15) is 39.3 Å². The van der Waals surface area contributed by atoms with E-state index in [1.54, 1.807) is 13.8 Å². The molecule has 0 radical (unpaired) electrons. The number of hydrogen-bond donors (Lipinski definition) is 1. The number of benzene rings is 1. The van der Waals surface area contributed by atoms with Gasteiger partial charge in [0.05, 0.1) is 12.0 Å². The van der Waals surface area contributed by atoms with Gasteiger partial charge in [-0.25, -0.2) is 5.01 Å². The van der Waals surface area contributed by atoms with Crippen LogP contribution in [0.25, 0.3) is 0 Å². The second-order valence-electron chi connectivity index (χ2n) is 7.17. The van der Waals surface area contributed by atoms with Crippen LogP contribution in [0.15, 0.2) is 24.3 Å². The van der Waals surface area contributed by atoms with Gasteiger partial charge in [0.25, 0.3) is 0 Å². The fraction of sp³-hybridized carbons (Fsp3) is 0.588. The number of carbonyl (C=O) groups is 1. The van der Waals surface area contributed by atoms with Crippen LogP contribution >= 0.6 is 0 Å². The number of amides is 1. The maximum atomic E-state index is 13.6. The molecule has 0 saturated carbocycles. The van der Waals surface area contributed by atoms with Crippen molar-refractivity contribution in [1.29, 1.82) is 0 Å². The second-order valence-corrected chi connectivity index (χ2v) is 7.17. The first-order chi connectivity index (χ1) is 11.0. The molecule has 1 unspecified atom stereocenters. The van der Waals surface area contributed by atoms with Gasteiger partial charge in [-0.15, -0.1) is 0 Å². The van der Waals surface area contributed by atoms with Crippen molar-refractivity contribution in [2.45, 2.75) is 39.9 Å². The molecule has 0 bridgehead atoms. The van der Waals surface area contributed by atoms with Crippen molar-refractivity contribution in [3.63, 3.8) is 0 Å². The molecule has 1 aromatic rings. The van der Waals surface area contributed by atoms with Crippen molar-refractivity contribution >= 4 is 5.91 Å². The molecule has 1 fully saturated rings. The van der Waals surface area contributed by atoms with Crippen LogP contribution in [0.4, 0.5) is 13.2 Å². The first-order valence-electron chi connectivity index (χ1n) is 7.88. The summed E-state index contributed by atoms with van der Waals surface area (Å²) in [5, 5.41) is 0.965. The first kappa shape index (κ1) is 18.6. The number of halogens is 3. The van der Waals surface area contributed by atoms with Gasteiger partial charge in [-0.3, -0.25) is 10.2 Å². The maximum absolute atomic E-state index is 13.6. The molecule has 2 rings (SSSR count). The van der Waals surface area contributed by atoms with E-state index in [2.05, 4.69) is 5.43 Å². The van der Waals surface area contributed by atoms with E-state index in [0.717, 1.165) is 5.01 Å². The Hall–Kier alpha value is -1.76. The summed E-state index contributed by atoms with van der Waals surface area (Å²) >= 11 is 0. The van der Waals surface area contributed by atoms with Crippen LogP contribution in [-0.2, 0) is 4.79 Å². The molecule has 1 aromatic carbocycles. The number of rotatable bonds is 5. The van der Waals surface area contributed by atoms with E-state index in [-0.39, 0.29) is 12.1 Å². The molecular formula is C17H23F3N2O2. The maximum Gasteiger partial charge on any atom is 0.409 e. The van der Waals surface area contributed by atoms with Gasteiger partial charge < -0.3 is 4.74 Å². The first-order valence-corrected chi connectivity index (χ1v) is 7.88. The molecule has 1 amide bonds. The Morgan fingerprint density at radius 1 is 1.25 bits per heavy atom. The number of carbonyl (C=O) groups excluding carboxylic acids is 1. The molecule has 1 saturated heterocycles. The fourth-order valence-corrected chi connectivity index (χ4v) is 2.53. The van der Waals surface area contributed by atoms with Crippen LogP contribution < -0.4 is 10.2 Å². The van der Waals surface area contributed by atoms with Gasteiger partial charge in [0.1, 0.15) is 11.8 Å². The molecule has 1 atom stereocenters. The van der Waals surface area contributed by atoms with E-state index >= 15 is 0 Å². The van der Waals surface area contributed by atoms with Crippen molar-refractivity contribution in [1.82, 2.24) is 10.4 Å². The van der Waals surface area contributed by atoms with Crippen LogP contribution in [0.2, 0.25) is 0 Å². The van der Waals surface area contributed by atoms with Crippen LogP contribution in [0.5, 0.6) is 5.75 Å². The highest BCUT2D eigenvalue weighted by atomic mass is 19.4. The van der Waals surface area contributed by atoms with Crippen LogP contribution in [0.3, 0.4) is 0 Å². The van der Waals surface area contributed by atoms with Crippen molar-refractivity contribution in [3.8, 4) is 5.75 Å². The minimum atomic E-state index is -4.51. The molecule has 1 N–H and O–H groups in total. The minimum absolute atomic E-state index is 0.0123. The van der Waals surface area contributed by atoms with Crippen molar-refractivity contribution in [2.24, 2.45) is 11.3 Å². The number of ether oxygens (including phenoxy) is 1. The summed E-state index contributed by atoms with van der Waals surface area (Å²) in [6.45, 7) is 7.72. The predicted octanol–water partition coefficient (Wildman–Crippen LogP) is 3.70. The molecule has 4 nitrogen and oxygen atoms in total. The monoisotopic (exact) mass is 344 g/mol. The van der Waals surface area contributed by atoms with E-state index < -0.39 is 23.5 Å². The average Bonchev–Trinajstić information content (AvgIpc) is 2.70. The van der Waals surface area contributed by atoms with Crippen LogP contribution in [0, 0.1) is 11.3 Å². The Bertz CT molecular complexity index is 582. The van der Waals surface area contributed by atoms with Gasteiger partial charge in [-0.05, 0) is 37.5 Å². The van der Waals surface area contributed by atoms with E-state index in [1.807, 2.05) is 13.8 Å². The lowest BCUT2D eigenvalue weighted by molar-refractivity contribution is -0.191. The molecule has 1 aliphatic heterocycles. The molecule has 0 aromatic heterocycles. The third-order valence-electron chi connectivity index (χ3n) is 3.83. The molecule has 134 valence electrons. The third kappa shape index (κ3) is 4.20.